The zero-order valence-electron chi connectivity index (χ0n) is 8.78. The van der Waals surface area contributed by atoms with E-state index in [1.54, 1.807) is 12.1 Å². The van der Waals surface area contributed by atoms with E-state index in [1.165, 1.54) is 3.32 Å². The Morgan fingerprint density at radius 1 is 0.882 bits per heavy atom. The molecule has 0 aromatic heterocycles. The fraction of sp³-hybridized carbons (Fsp3) is 0. The first-order valence-corrected chi connectivity index (χ1v) is 8.13. The van der Waals surface area contributed by atoms with Gasteiger partial charge >= 0.3 is 107 Å². The Morgan fingerprint density at radius 2 is 1.53 bits per heavy atom. The fourth-order valence-electron chi connectivity index (χ4n) is 1.71. The van der Waals surface area contributed by atoms with Crippen molar-refractivity contribution in [3.63, 3.8) is 0 Å². The second-order valence-corrected chi connectivity index (χ2v) is 7.95. The summed E-state index contributed by atoms with van der Waals surface area (Å²) in [6.07, 6.45) is 0. The summed E-state index contributed by atoms with van der Waals surface area (Å²) in [4.78, 5) is 0.448. The van der Waals surface area contributed by atoms with Crippen molar-refractivity contribution in [2.24, 2.45) is 0 Å². The number of benzene rings is 2. The van der Waals surface area contributed by atoms with Gasteiger partial charge in [0.15, 0.2) is 0 Å². The van der Waals surface area contributed by atoms with Gasteiger partial charge in [0.25, 0.3) is 0 Å². The predicted molar refractivity (Wildman–Crippen MR) is 67.9 cm³/mol. The summed E-state index contributed by atoms with van der Waals surface area (Å²) in [6, 6.07) is 16.4. The standard InChI is InChI=1S/C12H9NO2SSe/c14-16(15)11-8-4-5-9-12(11)17-13(16)10-6-2-1-3-7-10/h1-9H. The van der Waals surface area contributed by atoms with Crippen LogP contribution in [0.25, 0.3) is 0 Å². The molecule has 2 aromatic carbocycles. The van der Waals surface area contributed by atoms with E-state index in [2.05, 4.69) is 0 Å². The topological polar surface area (TPSA) is 37.4 Å². The molecule has 0 atom stereocenters. The first-order valence-electron chi connectivity index (χ1n) is 5.07. The van der Waals surface area contributed by atoms with Gasteiger partial charge in [0.05, 0.1) is 0 Å². The van der Waals surface area contributed by atoms with E-state index < -0.39 is 10.0 Å². The van der Waals surface area contributed by atoms with Crippen LogP contribution in [0.15, 0.2) is 59.5 Å². The van der Waals surface area contributed by atoms with Gasteiger partial charge in [0.2, 0.25) is 0 Å². The van der Waals surface area contributed by atoms with E-state index >= 15 is 0 Å². The third-order valence-electron chi connectivity index (χ3n) is 2.49. The van der Waals surface area contributed by atoms with Crippen molar-refractivity contribution in [1.29, 1.82) is 0 Å². The molecule has 0 saturated carbocycles. The summed E-state index contributed by atoms with van der Waals surface area (Å²) in [5, 5.41) is 0. The van der Waals surface area contributed by atoms with Crippen LogP contribution in [0.1, 0.15) is 0 Å². The summed E-state index contributed by atoms with van der Waals surface area (Å²) in [6.45, 7) is 0. The third kappa shape index (κ3) is 1.67. The Kier molecular flexibility index (Phi) is 2.47. The Labute approximate surface area is 106 Å². The van der Waals surface area contributed by atoms with Crippen LogP contribution in [0.3, 0.4) is 0 Å². The van der Waals surface area contributed by atoms with E-state index in [0.717, 1.165) is 10.1 Å². The molecular formula is C12H9NO2SSe. The van der Waals surface area contributed by atoms with Crippen molar-refractivity contribution in [3.05, 3.63) is 54.6 Å². The van der Waals surface area contributed by atoms with Gasteiger partial charge in [0.1, 0.15) is 0 Å². The van der Waals surface area contributed by atoms with Crippen LogP contribution in [0.5, 0.6) is 0 Å². The maximum atomic E-state index is 12.3. The number of sulfonamides is 1. The SMILES string of the molecule is O=S1(=O)c2ccccc2[Se]N1c1ccccc1. The van der Waals surface area contributed by atoms with Crippen LogP contribution in [0.2, 0.25) is 0 Å². The minimum absolute atomic E-state index is 0.198. The van der Waals surface area contributed by atoms with Gasteiger partial charge in [-0.1, -0.05) is 0 Å². The molecule has 0 saturated heterocycles. The van der Waals surface area contributed by atoms with Gasteiger partial charge in [-0.05, 0) is 0 Å². The van der Waals surface area contributed by atoms with Crippen molar-refractivity contribution in [3.8, 4) is 0 Å². The Bertz CT molecular complexity index is 655. The summed E-state index contributed by atoms with van der Waals surface area (Å²) < 4.78 is 27.1. The Morgan fingerprint density at radius 3 is 2.24 bits per heavy atom. The molecule has 0 bridgehead atoms. The first kappa shape index (κ1) is 10.8. The van der Waals surface area contributed by atoms with Gasteiger partial charge in [-0.25, -0.2) is 0 Å². The quantitative estimate of drug-likeness (QED) is 0.741. The molecule has 3 nitrogen and oxygen atoms in total. The number of rotatable bonds is 1. The van der Waals surface area contributed by atoms with Crippen LogP contribution in [-0.2, 0) is 10.0 Å². The molecule has 2 aromatic rings. The Hall–Kier alpha value is -1.29. The summed E-state index contributed by atoms with van der Waals surface area (Å²) >= 11 is -0.198. The number of para-hydroxylation sites is 1. The van der Waals surface area contributed by atoms with Crippen molar-refractivity contribution in [1.82, 2.24) is 0 Å². The molecule has 0 N–H and O–H groups in total. The molecule has 17 heavy (non-hydrogen) atoms. The molecule has 0 aliphatic carbocycles. The molecular weight excluding hydrogens is 301 g/mol. The van der Waals surface area contributed by atoms with Gasteiger partial charge in [-0.15, -0.1) is 0 Å². The summed E-state index contributed by atoms with van der Waals surface area (Å²) in [7, 11) is -3.34. The normalized spacial score (nSPS) is 16.8. The fourth-order valence-corrected chi connectivity index (χ4v) is 6.83. The zero-order chi connectivity index (χ0) is 11.9. The molecule has 0 radical (unpaired) electrons. The maximum absolute atomic E-state index is 12.3. The molecule has 3 rings (SSSR count). The van der Waals surface area contributed by atoms with Gasteiger partial charge < -0.3 is 0 Å². The summed E-state index contributed by atoms with van der Waals surface area (Å²) in [5.41, 5.74) is 0.740. The van der Waals surface area contributed by atoms with E-state index in [0.29, 0.717) is 4.90 Å². The molecule has 0 unspecified atom stereocenters. The second kappa shape index (κ2) is 3.88. The monoisotopic (exact) mass is 311 g/mol. The van der Waals surface area contributed by atoms with Crippen molar-refractivity contribution >= 4 is 35.3 Å². The van der Waals surface area contributed by atoms with E-state index in [1.807, 2.05) is 42.5 Å². The van der Waals surface area contributed by atoms with Gasteiger partial charge in [0, 0.05) is 0 Å². The molecule has 86 valence electrons. The van der Waals surface area contributed by atoms with Crippen molar-refractivity contribution in [2.75, 3.05) is 3.32 Å². The number of anilines is 1. The minimum atomic E-state index is -3.34. The van der Waals surface area contributed by atoms with Crippen LogP contribution in [0.4, 0.5) is 5.69 Å². The number of fused-ring (bicyclic) bond motifs is 1. The van der Waals surface area contributed by atoms with Gasteiger partial charge in [-0.3, -0.25) is 0 Å². The second-order valence-electron chi connectivity index (χ2n) is 3.61. The molecule has 1 aliphatic rings. The summed E-state index contributed by atoms with van der Waals surface area (Å²) in [5.74, 6) is 0. The van der Waals surface area contributed by atoms with E-state index in [9.17, 15) is 8.42 Å². The predicted octanol–water partition coefficient (Wildman–Crippen LogP) is 1.14. The van der Waals surface area contributed by atoms with Crippen LogP contribution >= 0.6 is 0 Å². The molecule has 1 heterocycles. The zero-order valence-corrected chi connectivity index (χ0v) is 11.3. The van der Waals surface area contributed by atoms with Crippen molar-refractivity contribution in [2.45, 2.75) is 4.90 Å². The average Bonchev–Trinajstić information content (AvgIpc) is 2.63. The number of hydrogen-bond donors (Lipinski definition) is 0. The number of nitrogens with zero attached hydrogens (tertiary/aromatic N) is 1. The first-order chi connectivity index (χ1) is 8.19. The molecule has 5 heteroatoms. The molecule has 0 spiro atoms. The molecule has 0 amide bonds. The van der Waals surface area contributed by atoms with Crippen LogP contribution in [-0.4, -0.2) is 23.6 Å². The van der Waals surface area contributed by atoms with E-state index in [-0.39, 0.29) is 15.2 Å². The molecule has 1 aliphatic heterocycles. The average molecular weight is 310 g/mol. The van der Waals surface area contributed by atoms with E-state index in [4.69, 9.17) is 0 Å². The van der Waals surface area contributed by atoms with Crippen molar-refractivity contribution < 1.29 is 8.42 Å². The molecule has 0 fully saturated rings. The Balaban J connectivity index is 2.15. The van der Waals surface area contributed by atoms with Crippen LogP contribution < -0.4 is 7.78 Å². The number of hydrogen-bond acceptors (Lipinski definition) is 2. The third-order valence-corrected chi connectivity index (χ3v) is 7.92. The van der Waals surface area contributed by atoms with Crippen LogP contribution in [0, 0.1) is 0 Å². The van der Waals surface area contributed by atoms with Gasteiger partial charge in [-0.2, -0.15) is 0 Å².